The number of likely N-dealkylation sites (tertiary alicyclic amines) is 1. The third-order valence-electron chi connectivity index (χ3n) is 4.55. The van der Waals surface area contributed by atoms with Crippen molar-refractivity contribution >= 4 is 34.7 Å². The van der Waals surface area contributed by atoms with Gasteiger partial charge in [-0.15, -0.1) is 0 Å². The zero-order valence-corrected chi connectivity index (χ0v) is 12.9. The third kappa shape index (κ3) is 2.38. The molecule has 0 bridgehead atoms. The van der Waals surface area contributed by atoms with Crippen LogP contribution in [0.1, 0.15) is 12.8 Å². The van der Waals surface area contributed by atoms with E-state index in [2.05, 4.69) is 15.3 Å². The van der Waals surface area contributed by atoms with E-state index in [-0.39, 0.29) is 30.2 Å². The Bertz CT molecular complexity index is 811. The molecule has 7 nitrogen and oxygen atoms in total. The minimum atomic E-state index is -0.442. The van der Waals surface area contributed by atoms with Crippen LogP contribution in [0.5, 0.6) is 0 Å². The number of hydrogen-bond acceptors (Lipinski definition) is 4. The lowest BCUT2D eigenvalue weighted by atomic mass is 9.85. The molecule has 0 spiro atoms. The van der Waals surface area contributed by atoms with Crippen LogP contribution < -0.4 is 5.32 Å². The molecule has 3 amide bonds. The van der Waals surface area contributed by atoms with Gasteiger partial charge in [0, 0.05) is 0 Å². The summed E-state index contributed by atoms with van der Waals surface area (Å²) in [5.41, 5.74) is 1.54. The van der Waals surface area contributed by atoms with Gasteiger partial charge < -0.3 is 4.98 Å². The summed E-state index contributed by atoms with van der Waals surface area (Å²) < 4.78 is 0. The van der Waals surface area contributed by atoms with E-state index in [4.69, 9.17) is 0 Å². The van der Waals surface area contributed by atoms with Crippen LogP contribution in [0.4, 0.5) is 5.95 Å². The number of rotatable bonds is 3. The monoisotopic (exact) mass is 324 g/mol. The maximum absolute atomic E-state index is 12.3. The molecule has 24 heavy (non-hydrogen) atoms. The number of fused-ring (bicyclic) bond motifs is 2. The number of para-hydroxylation sites is 2. The number of anilines is 1. The quantitative estimate of drug-likeness (QED) is 0.660. The second-order valence-electron chi connectivity index (χ2n) is 6.07. The highest BCUT2D eigenvalue weighted by molar-refractivity contribution is 6.08. The van der Waals surface area contributed by atoms with E-state index < -0.39 is 5.91 Å². The number of nitrogens with zero attached hydrogens (tertiary/aromatic N) is 2. The summed E-state index contributed by atoms with van der Waals surface area (Å²) in [7, 11) is 0. The highest BCUT2D eigenvalue weighted by atomic mass is 16.2. The van der Waals surface area contributed by atoms with Crippen molar-refractivity contribution in [3.63, 3.8) is 0 Å². The van der Waals surface area contributed by atoms with Crippen molar-refractivity contribution < 1.29 is 14.4 Å². The van der Waals surface area contributed by atoms with E-state index in [1.54, 1.807) is 0 Å². The standard InChI is InChI=1S/C17H16N4O3/c22-14(20-17-18-12-7-3-4-8-13(12)19-17)9-21-15(23)10-5-1-2-6-11(10)16(21)24/h1-4,7-8,10-11H,5-6,9H2,(H2,18,19,20,22)/t10-,11-/m0/s1. The number of benzene rings is 1. The SMILES string of the molecule is O=C(CN1C(=O)[C@H]2CC=CC[C@@H]2C1=O)Nc1nc2ccccc2[nH]1. The largest absolute Gasteiger partial charge is 0.324 e. The van der Waals surface area contributed by atoms with Crippen LogP contribution in [0.25, 0.3) is 11.0 Å². The van der Waals surface area contributed by atoms with Gasteiger partial charge in [0.25, 0.3) is 0 Å². The maximum Gasteiger partial charge on any atom is 0.246 e. The minimum absolute atomic E-state index is 0.255. The van der Waals surface area contributed by atoms with Gasteiger partial charge in [0.2, 0.25) is 23.7 Å². The predicted octanol–water partition coefficient (Wildman–Crippen LogP) is 1.45. The molecule has 2 aliphatic rings. The number of aromatic nitrogens is 2. The van der Waals surface area contributed by atoms with Crippen LogP contribution >= 0.6 is 0 Å². The van der Waals surface area contributed by atoms with Crippen LogP contribution in [0, 0.1) is 11.8 Å². The second kappa shape index (κ2) is 5.59. The van der Waals surface area contributed by atoms with Crippen LogP contribution in [0.15, 0.2) is 36.4 Å². The van der Waals surface area contributed by atoms with E-state index in [1.807, 2.05) is 36.4 Å². The van der Waals surface area contributed by atoms with Gasteiger partial charge in [-0.05, 0) is 25.0 Å². The van der Waals surface area contributed by atoms with Crippen LogP contribution in [0.2, 0.25) is 0 Å². The van der Waals surface area contributed by atoms with E-state index >= 15 is 0 Å². The van der Waals surface area contributed by atoms with Crippen molar-refractivity contribution in [1.29, 1.82) is 0 Å². The van der Waals surface area contributed by atoms with Crippen LogP contribution in [0.3, 0.4) is 0 Å². The fraction of sp³-hybridized carbons (Fsp3) is 0.294. The van der Waals surface area contributed by atoms with Crippen molar-refractivity contribution in [1.82, 2.24) is 14.9 Å². The van der Waals surface area contributed by atoms with Gasteiger partial charge >= 0.3 is 0 Å². The number of H-pyrrole nitrogens is 1. The Morgan fingerprint density at radius 2 is 1.83 bits per heavy atom. The maximum atomic E-state index is 12.3. The van der Waals surface area contributed by atoms with Crippen molar-refractivity contribution in [3.05, 3.63) is 36.4 Å². The Kier molecular flexibility index (Phi) is 3.41. The number of imidazole rings is 1. The average Bonchev–Trinajstić information content (AvgIpc) is 3.09. The number of carbonyl (C=O) groups excluding carboxylic acids is 3. The fourth-order valence-electron chi connectivity index (χ4n) is 3.35. The molecule has 2 N–H and O–H groups in total. The lowest BCUT2D eigenvalue weighted by Crippen LogP contribution is -2.38. The molecule has 1 aliphatic carbocycles. The first-order valence-corrected chi connectivity index (χ1v) is 7.88. The molecule has 2 heterocycles. The second-order valence-corrected chi connectivity index (χ2v) is 6.07. The lowest BCUT2D eigenvalue weighted by molar-refractivity contribution is -0.142. The van der Waals surface area contributed by atoms with Crippen molar-refractivity contribution in [3.8, 4) is 0 Å². The van der Waals surface area contributed by atoms with Crippen molar-refractivity contribution in [2.24, 2.45) is 11.8 Å². The first-order chi connectivity index (χ1) is 11.6. The molecular weight excluding hydrogens is 308 g/mol. The third-order valence-corrected chi connectivity index (χ3v) is 4.55. The Morgan fingerprint density at radius 1 is 1.17 bits per heavy atom. The van der Waals surface area contributed by atoms with Gasteiger partial charge in [0.15, 0.2) is 0 Å². The molecule has 1 aliphatic heterocycles. The Balaban J connectivity index is 1.46. The summed E-state index contributed by atoms with van der Waals surface area (Å²) in [6.07, 6.45) is 4.97. The molecule has 122 valence electrons. The molecule has 2 aromatic rings. The van der Waals surface area contributed by atoms with Gasteiger partial charge in [-0.3, -0.25) is 24.6 Å². The molecule has 2 atom stereocenters. The fourth-order valence-corrected chi connectivity index (χ4v) is 3.35. The number of amides is 3. The van der Waals surface area contributed by atoms with Gasteiger partial charge in [-0.2, -0.15) is 0 Å². The highest BCUT2D eigenvalue weighted by Crippen LogP contribution is 2.34. The van der Waals surface area contributed by atoms with E-state index in [0.717, 1.165) is 15.9 Å². The topological polar surface area (TPSA) is 95.2 Å². The molecule has 1 aromatic carbocycles. The molecule has 1 aromatic heterocycles. The van der Waals surface area contributed by atoms with Gasteiger partial charge in [-0.25, -0.2) is 4.98 Å². The lowest BCUT2D eigenvalue weighted by Gasteiger charge is -2.14. The van der Waals surface area contributed by atoms with E-state index in [9.17, 15) is 14.4 Å². The Morgan fingerprint density at radius 3 is 2.50 bits per heavy atom. The van der Waals surface area contributed by atoms with Crippen LogP contribution in [-0.2, 0) is 14.4 Å². The van der Waals surface area contributed by atoms with Gasteiger partial charge in [0.1, 0.15) is 6.54 Å². The van der Waals surface area contributed by atoms with E-state index in [1.165, 1.54) is 0 Å². The molecule has 0 unspecified atom stereocenters. The zero-order valence-electron chi connectivity index (χ0n) is 12.9. The molecule has 7 heteroatoms. The number of allylic oxidation sites excluding steroid dienone is 2. The first-order valence-electron chi connectivity index (χ1n) is 7.88. The Hall–Kier alpha value is -2.96. The summed E-state index contributed by atoms with van der Waals surface area (Å²) >= 11 is 0. The summed E-state index contributed by atoms with van der Waals surface area (Å²) in [4.78, 5) is 45.2. The highest BCUT2D eigenvalue weighted by Gasteiger charge is 2.47. The summed E-state index contributed by atoms with van der Waals surface area (Å²) in [5.74, 6) is -1.28. The molecular formula is C17H16N4O3. The molecule has 0 saturated carbocycles. The number of nitrogens with one attached hydrogen (secondary N) is 2. The minimum Gasteiger partial charge on any atom is -0.324 e. The summed E-state index contributed by atoms with van der Waals surface area (Å²) in [6, 6.07) is 7.39. The van der Waals surface area contributed by atoms with Crippen molar-refractivity contribution in [2.75, 3.05) is 11.9 Å². The average molecular weight is 324 g/mol. The number of aromatic amines is 1. The van der Waals surface area contributed by atoms with E-state index in [0.29, 0.717) is 18.8 Å². The van der Waals surface area contributed by atoms with Crippen molar-refractivity contribution in [2.45, 2.75) is 12.8 Å². The summed E-state index contributed by atoms with van der Waals surface area (Å²) in [6.45, 7) is -0.276. The zero-order chi connectivity index (χ0) is 16.7. The molecule has 1 fully saturated rings. The van der Waals surface area contributed by atoms with Gasteiger partial charge in [0.05, 0.1) is 22.9 Å². The predicted molar refractivity (Wildman–Crippen MR) is 86.8 cm³/mol. The molecule has 0 radical (unpaired) electrons. The van der Waals surface area contributed by atoms with Gasteiger partial charge in [-0.1, -0.05) is 24.3 Å². The number of carbonyl (C=O) groups is 3. The number of hydrogen-bond donors (Lipinski definition) is 2. The van der Waals surface area contributed by atoms with Crippen LogP contribution in [-0.4, -0.2) is 39.1 Å². The first kappa shape index (κ1) is 14.6. The normalized spacial score (nSPS) is 22.9. The Labute approximate surface area is 137 Å². The molecule has 4 rings (SSSR count). The smallest absolute Gasteiger partial charge is 0.246 e. The summed E-state index contributed by atoms with van der Waals surface area (Å²) in [5, 5.41) is 2.61. The molecule has 1 saturated heterocycles. The number of imide groups is 1.